The Morgan fingerprint density at radius 1 is 0.808 bits per heavy atom. The van der Waals surface area contributed by atoms with Crippen LogP contribution in [0.2, 0.25) is 13.1 Å². The van der Waals surface area contributed by atoms with E-state index >= 15 is 2.63 Å². The Balaban J connectivity index is 2.05. The van der Waals surface area contributed by atoms with E-state index in [1.807, 2.05) is 24.3 Å². The SMILES string of the molecule is CC1=Cc2ccccc2[CH]1[Zr]([F])([Cl])([CH]1C(C)=Cc2ccccc21)=[Si](C)C. The van der Waals surface area contributed by atoms with E-state index in [-0.39, 0.29) is 7.25 Å². The quantitative estimate of drug-likeness (QED) is 0.412. The first-order valence-corrected chi connectivity index (χ1v) is 22.3. The van der Waals surface area contributed by atoms with Gasteiger partial charge in [0, 0.05) is 0 Å². The van der Waals surface area contributed by atoms with Crippen molar-refractivity contribution in [1.82, 2.24) is 0 Å². The van der Waals surface area contributed by atoms with E-state index in [1.54, 1.807) is 0 Å². The number of benzene rings is 2. The summed E-state index contributed by atoms with van der Waals surface area (Å²) in [5, 5.41) is 0. The molecule has 0 spiro atoms. The van der Waals surface area contributed by atoms with Crippen LogP contribution in [-0.2, 0) is 16.8 Å². The van der Waals surface area contributed by atoms with Gasteiger partial charge < -0.3 is 0 Å². The molecule has 2 unspecified atom stereocenters. The predicted molar refractivity (Wildman–Crippen MR) is 110 cm³/mol. The van der Waals surface area contributed by atoms with Crippen LogP contribution in [0.3, 0.4) is 0 Å². The summed E-state index contributed by atoms with van der Waals surface area (Å²) in [6.07, 6.45) is 4.31. The van der Waals surface area contributed by atoms with Gasteiger partial charge in [-0.1, -0.05) is 0 Å². The third-order valence-electron chi connectivity index (χ3n) is 6.30. The Hall–Kier alpha value is -0.760. The molecule has 0 aliphatic heterocycles. The number of hydrogen-bond donors (Lipinski definition) is 0. The van der Waals surface area contributed by atoms with Gasteiger partial charge >= 0.3 is 162 Å². The van der Waals surface area contributed by atoms with Crippen LogP contribution >= 0.6 is 8.51 Å². The normalized spacial score (nSPS) is 21.8. The molecule has 0 fully saturated rings. The van der Waals surface area contributed by atoms with Crippen molar-refractivity contribution in [3.05, 3.63) is 81.9 Å². The summed E-state index contributed by atoms with van der Waals surface area (Å²) in [5.74, 6) is 0. The molecule has 2 aromatic carbocycles. The molecule has 26 heavy (non-hydrogen) atoms. The van der Waals surface area contributed by atoms with E-state index in [2.05, 4.69) is 63.4 Å². The molecule has 2 aliphatic rings. The Morgan fingerprint density at radius 3 is 1.58 bits per heavy atom. The fourth-order valence-electron chi connectivity index (χ4n) is 5.11. The number of halogens is 2. The molecule has 0 radical (unpaired) electrons. The van der Waals surface area contributed by atoms with Crippen LogP contribution in [0.1, 0.15) is 43.4 Å². The van der Waals surface area contributed by atoms with Crippen LogP contribution in [0, 0.1) is 0 Å². The van der Waals surface area contributed by atoms with E-state index < -0.39 is 22.2 Å². The molecule has 0 heterocycles. The van der Waals surface area contributed by atoms with E-state index in [4.69, 9.17) is 8.51 Å². The molecule has 2 aromatic rings. The van der Waals surface area contributed by atoms with E-state index in [9.17, 15) is 0 Å². The summed E-state index contributed by atoms with van der Waals surface area (Å²) in [6.45, 7) is 8.35. The van der Waals surface area contributed by atoms with Crippen molar-refractivity contribution in [2.45, 2.75) is 34.2 Å². The molecule has 2 aliphatic carbocycles. The minimum absolute atomic E-state index is 0.224. The number of fused-ring (bicyclic) bond motifs is 2. The first-order valence-electron chi connectivity index (χ1n) is 9.17. The van der Waals surface area contributed by atoms with Gasteiger partial charge in [-0.2, -0.15) is 0 Å². The molecule has 0 saturated carbocycles. The topological polar surface area (TPSA) is 0 Å². The second kappa shape index (κ2) is 6.12. The molecule has 2 atom stereocenters. The molecule has 0 aromatic heterocycles. The predicted octanol–water partition coefficient (Wildman–Crippen LogP) is 7.28. The van der Waals surface area contributed by atoms with Crippen molar-refractivity contribution < 1.29 is 19.4 Å². The number of rotatable bonds is 2. The Labute approximate surface area is 160 Å². The zero-order valence-corrected chi connectivity index (χ0v) is 19.9. The Bertz CT molecular complexity index is 980. The van der Waals surface area contributed by atoms with Gasteiger partial charge in [-0.15, -0.1) is 0 Å². The van der Waals surface area contributed by atoms with Gasteiger partial charge in [0.05, 0.1) is 0 Å². The Kier molecular flexibility index (Phi) is 4.38. The van der Waals surface area contributed by atoms with Crippen LogP contribution in [0.4, 0.5) is 2.63 Å². The van der Waals surface area contributed by atoms with Crippen LogP contribution < -0.4 is 0 Å². The first-order chi connectivity index (χ1) is 12.2. The van der Waals surface area contributed by atoms with E-state index in [1.165, 1.54) is 0 Å². The van der Waals surface area contributed by atoms with Crippen molar-refractivity contribution in [3.63, 3.8) is 0 Å². The summed E-state index contributed by atoms with van der Waals surface area (Å²) in [4.78, 5) is 0. The molecular weight excluding hydrogens is 438 g/mol. The van der Waals surface area contributed by atoms with Crippen molar-refractivity contribution in [2.75, 3.05) is 0 Å². The standard InChI is InChI=1S/2C10H9.C2H6Si.ClH.FH.Zr/c2*1-8-6-9-4-2-3-5-10(9)7-8;1-3-2;;;/h2*2-7H,1H3;1-2H3;2*1H;/q;;;;;+2/p-2. The van der Waals surface area contributed by atoms with Gasteiger partial charge in [-0.3, -0.25) is 0 Å². The molecule has 134 valence electrons. The average molecular weight is 462 g/mol. The molecule has 4 heteroatoms. The van der Waals surface area contributed by atoms with E-state index in [0.29, 0.717) is 0 Å². The second-order valence-corrected chi connectivity index (χ2v) is 38.4. The fourth-order valence-corrected chi connectivity index (χ4v) is 32.2. The summed E-state index contributed by atoms with van der Waals surface area (Å²) < 4.78 is 17.4. The monoisotopic (exact) mass is 460 g/mol. The third-order valence-corrected chi connectivity index (χ3v) is 44.0. The van der Waals surface area contributed by atoms with Crippen LogP contribution in [0.15, 0.2) is 59.7 Å². The van der Waals surface area contributed by atoms with Crippen molar-refractivity contribution >= 4 is 26.1 Å². The molecule has 0 N–H and O–H groups in total. The molecule has 0 amide bonds. The molecule has 0 bridgehead atoms. The number of hydrogen-bond acceptors (Lipinski definition) is 0. The van der Waals surface area contributed by atoms with Crippen molar-refractivity contribution in [2.24, 2.45) is 0 Å². The van der Waals surface area contributed by atoms with Crippen LogP contribution in [0.25, 0.3) is 12.2 Å². The zero-order valence-electron chi connectivity index (χ0n) is 15.7. The number of allylic oxidation sites excluding steroid dienone is 2. The molecular formula is C22H24ClFSiZr. The first kappa shape index (κ1) is 18.6. The fraction of sp³-hybridized carbons (Fsp3) is 0.273. The van der Waals surface area contributed by atoms with Gasteiger partial charge in [-0.05, 0) is 0 Å². The van der Waals surface area contributed by atoms with Gasteiger partial charge in [-0.25, -0.2) is 0 Å². The van der Waals surface area contributed by atoms with Crippen LogP contribution in [0.5, 0.6) is 0 Å². The second-order valence-electron chi connectivity index (χ2n) is 8.05. The van der Waals surface area contributed by atoms with Gasteiger partial charge in [0.25, 0.3) is 0 Å². The maximum absolute atomic E-state index is 17.8. The zero-order chi connectivity index (χ0) is 18.7. The molecule has 0 nitrogen and oxygen atoms in total. The van der Waals surface area contributed by atoms with Crippen molar-refractivity contribution in [3.8, 4) is 0 Å². The average Bonchev–Trinajstić information content (AvgIpc) is 3.10. The van der Waals surface area contributed by atoms with Gasteiger partial charge in [0.2, 0.25) is 0 Å². The van der Waals surface area contributed by atoms with Gasteiger partial charge in [0.15, 0.2) is 0 Å². The van der Waals surface area contributed by atoms with E-state index in [0.717, 1.165) is 33.4 Å². The van der Waals surface area contributed by atoms with Crippen LogP contribution in [-0.4, -0.2) is 5.43 Å². The summed E-state index contributed by atoms with van der Waals surface area (Å²) in [6, 6.07) is 16.5. The third kappa shape index (κ3) is 2.40. The molecule has 4 rings (SSSR count). The van der Waals surface area contributed by atoms with Crippen molar-refractivity contribution in [1.29, 1.82) is 0 Å². The minimum atomic E-state index is -5.31. The maximum atomic E-state index is 17.8. The summed E-state index contributed by atoms with van der Waals surface area (Å²) >= 11 is -5.31. The molecule has 0 saturated heterocycles. The Morgan fingerprint density at radius 2 is 1.19 bits per heavy atom. The summed E-state index contributed by atoms with van der Waals surface area (Å²) in [7, 11) is 7.49. The summed E-state index contributed by atoms with van der Waals surface area (Å²) in [5.41, 5.74) is 5.36. The van der Waals surface area contributed by atoms with Gasteiger partial charge in [0.1, 0.15) is 0 Å².